The van der Waals surface area contributed by atoms with E-state index in [4.69, 9.17) is 44.9 Å². The van der Waals surface area contributed by atoms with Gasteiger partial charge in [0.05, 0.1) is 33.1 Å². The lowest BCUT2D eigenvalue weighted by Crippen LogP contribution is -2.01. The van der Waals surface area contributed by atoms with Gasteiger partial charge in [-0.2, -0.15) is 0 Å². The zero-order chi connectivity index (χ0) is 97.5. The van der Waals surface area contributed by atoms with Gasteiger partial charge >= 0.3 is 0 Å². The van der Waals surface area contributed by atoms with E-state index in [0.29, 0.717) is 52.4 Å². The van der Waals surface area contributed by atoms with Crippen LogP contribution in [0, 0.1) is 0 Å². The van der Waals surface area contributed by atoms with Gasteiger partial charge in [-0.3, -0.25) is 0 Å². The minimum absolute atomic E-state index is 0.623. The van der Waals surface area contributed by atoms with Crippen LogP contribution in [0.2, 0.25) is 0 Å². The predicted octanol–water partition coefficient (Wildman–Crippen LogP) is 34.0. The van der Waals surface area contributed by atoms with E-state index in [1.54, 1.807) is 0 Å². The zero-order valence-electron chi connectivity index (χ0n) is 79.7. The average molecular weight is 1880 g/mol. The molecule has 0 saturated carbocycles. The van der Waals surface area contributed by atoms with Crippen molar-refractivity contribution >= 4 is 97.7 Å². The second-order valence-electron chi connectivity index (χ2n) is 36.7. The Kier molecular flexibility index (Phi) is 22.7. The molecule has 0 radical (unpaired) electrons. The van der Waals surface area contributed by atoms with E-state index in [1.165, 1.54) is 109 Å². The third-order valence-electron chi connectivity index (χ3n) is 27.8. The summed E-state index contributed by atoms with van der Waals surface area (Å²) in [6, 6.07) is 186. The Morgan fingerprint density at radius 3 is 0.524 bits per heavy atom. The standard InChI is InChI=1S/C51H32N4.C45H30N4.C39H26N4/c1-2-13-33(14-3-1)34-25-27-35(28-26-34)49-52-50(36-15-12-16-38(31-36)55-47-23-10-8-21-44(47)45-22-9-11-24-48(45)55)54-51(53-49)37-29-30-43-41-19-5-4-17-39(41)40-18-6-7-20-42(40)46(43)32-37;1-3-11-31(12-4-1)33-19-23-35(24-20-33)43-46-44(36-25-21-34(22-26-36)32-13-5-2-6-14-32)48-45(47-43)37-27-29-38(30-28-37)49-41-17-9-7-15-39(41)40-16-8-10-18-42(40)49;1-3-11-27(12-4-1)28-19-21-30(22-20-28)38-40-37(29-13-5-2-6-14-29)41-39(42-38)31-23-25-32(26-24-31)43-35-17-9-7-15-33(35)34-16-8-10-18-36(34)43/h1-32H;1-30H;1-26H. The number of benzene rings is 22. The van der Waals surface area contributed by atoms with Crippen molar-refractivity contribution < 1.29 is 0 Å². The van der Waals surface area contributed by atoms with E-state index < -0.39 is 0 Å². The molecule has 28 rings (SSSR count). The summed E-state index contributed by atoms with van der Waals surface area (Å²) >= 11 is 0. The first kappa shape index (κ1) is 87.3. The van der Waals surface area contributed by atoms with Crippen molar-refractivity contribution in [2.75, 3.05) is 0 Å². The second kappa shape index (κ2) is 38.2. The minimum atomic E-state index is 0.623. The van der Waals surface area contributed by atoms with Crippen LogP contribution in [0.1, 0.15) is 0 Å². The van der Waals surface area contributed by atoms with Crippen LogP contribution < -0.4 is 0 Å². The number of rotatable bonds is 16. The SMILES string of the molecule is c1ccc(-c2ccc(-c3nc(-c4ccc(-c5ccccc5)cc4)nc(-c4ccc(-n5c6ccccc6c6ccccc65)cc4)n3)cc2)cc1.c1ccc(-c2ccc(-c3nc(-c4cccc(-n5c6ccccc6c6ccccc65)c4)nc(-c4ccc5c6ccccc6c6ccccc6c5c4)n3)cc2)cc1.c1ccc(-c2ccc(-c3nc(-c4ccccc4)nc(-c4ccc(-n5c6ccccc6c6ccccc65)cc4)n3)cc2)cc1. The summed E-state index contributed by atoms with van der Waals surface area (Å²) in [5, 5.41) is 14.8. The van der Waals surface area contributed by atoms with E-state index in [9.17, 15) is 0 Å². The molecule has 0 N–H and O–H groups in total. The van der Waals surface area contributed by atoms with Crippen molar-refractivity contribution in [2.45, 2.75) is 0 Å². The van der Waals surface area contributed by atoms with Gasteiger partial charge in [0.1, 0.15) is 0 Å². The number of fused-ring (bicyclic) bond motifs is 15. The van der Waals surface area contributed by atoms with Crippen molar-refractivity contribution in [1.29, 1.82) is 0 Å². The third-order valence-corrected chi connectivity index (χ3v) is 27.8. The Morgan fingerprint density at radius 2 is 0.259 bits per heavy atom. The molecule has 147 heavy (non-hydrogen) atoms. The molecule has 0 atom stereocenters. The highest BCUT2D eigenvalue weighted by Gasteiger charge is 2.23. The normalized spacial score (nSPS) is 11.4. The molecule has 6 heterocycles. The largest absolute Gasteiger partial charge is 0.309 e. The fourth-order valence-corrected chi connectivity index (χ4v) is 20.6. The molecule has 0 aliphatic heterocycles. The number of nitrogens with zero attached hydrogens (tertiary/aromatic N) is 12. The van der Waals surface area contributed by atoms with E-state index in [-0.39, 0.29) is 0 Å². The van der Waals surface area contributed by atoms with E-state index in [1.807, 2.05) is 54.6 Å². The van der Waals surface area contributed by atoms with Crippen LogP contribution in [0.4, 0.5) is 0 Å². The summed E-state index contributed by atoms with van der Waals surface area (Å²) in [5.41, 5.74) is 28.0. The lowest BCUT2D eigenvalue weighted by atomic mass is 9.93. The summed E-state index contributed by atoms with van der Waals surface area (Å²) in [5.74, 6) is 5.74. The Bertz CT molecular complexity index is 9490. The van der Waals surface area contributed by atoms with Crippen molar-refractivity contribution in [2.24, 2.45) is 0 Å². The molecule has 28 aromatic rings. The third kappa shape index (κ3) is 16.9. The fourth-order valence-electron chi connectivity index (χ4n) is 20.6. The molecule has 688 valence electrons. The molecule has 12 nitrogen and oxygen atoms in total. The molecule has 0 fully saturated rings. The highest BCUT2D eigenvalue weighted by Crippen LogP contribution is 2.43. The van der Waals surface area contributed by atoms with Gasteiger partial charge in [-0.25, -0.2) is 44.9 Å². The van der Waals surface area contributed by atoms with Crippen molar-refractivity contribution in [3.05, 3.63) is 534 Å². The smallest absolute Gasteiger partial charge is 0.164 e. The van der Waals surface area contributed by atoms with Crippen molar-refractivity contribution in [3.8, 4) is 164 Å². The van der Waals surface area contributed by atoms with E-state index in [2.05, 4.69) is 493 Å². The maximum Gasteiger partial charge on any atom is 0.164 e. The molecule has 0 saturated heterocycles. The minimum Gasteiger partial charge on any atom is -0.309 e. The van der Waals surface area contributed by atoms with Crippen LogP contribution in [0.25, 0.3) is 262 Å². The Morgan fingerprint density at radius 1 is 0.0952 bits per heavy atom. The molecule has 0 aliphatic rings. The van der Waals surface area contributed by atoms with Gasteiger partial charge in [0.15, 0.2) is 52.4 Å². The van der Waals surface area contributed by atoms with Crippen molar-refractivity contribution in [3.63, 3.8) is 0 Å². The Hall–Kier alpha value is -20.0. The van der Waals surface area contributed by atoms with Crippen LogP contribution >= 0.6 is 0 Å². The maximum absolute atomic E-state index is 5.23. The Balaban J connectivity index is 0.000000113. The average Bonchev–Trinajstić information content (AvgIpc) is 1.40. The molecular formula is C135H88N12. The second-order valence-corrected chi connectivity index (χ2v) is 36.7. The van der Waals surface area contributed by atoms with Gasteiger partial charge in [-0.15, -0.1) is 0 Å². The van der Waals surface area contributed by atoms with Crippen molar-refractivity contribution in [1.82, 2.24) is 58.6 Å². The van der Waals surface area contributed by atoms with Gasteiger partial charge < -0.3 is 13.7 Å². The van der Waals surface area contributed by atoms with Crippen LogP contribution in [0.3, 0.4) is 0 Å². The van der Waals surface area contributed by atoms with Gasteiger partial charge in [0.25, 0.3) is 0 Å². The first-order chi connectivity index (χ1) is 72.9. The van der Waals surface area contributed by atoms with Gasteiger partial charge in [0, 0.05) is 99.5 Å². The molecule has 0 bridgehead atoms. The molecule has 0 spiro atoms. The molecular weight excluding hydrogens is 1790 g/mol. The molecule has 12 heteroatoms. The quantitative estimate of drug-likeness (QED) is 0.0868. The maximum atomic E-state index is 5.23. The number of para-hydroxylation sites is 6. The summed E-state index contributed by atoms with van der Waals surface area (Å²) in [6.45, 7) is 0. The van der Waals surface area contributed by atoms with Crippen LogP contribution in [0.5, 0.6) is 0 Å². The number of aromatic nitrogens is 12. The zero-order valence-corrected chi connectivity index (χ0v) is 79.7. The predicted molar refractivity (Wildman–Crippen MR) is 606 cm³/mol. The van der Waals surface area contributed by atoms with Gasteiger partial charge in [-0.1, -0.05) is 431 Å². The fraction of sp³-hybridized carbons (Fsp3) is 0. The summed E-state index contributed by atoms with van der Waals surface area (Å²) < 4.78 is 6.97. The lowest BCUT2D eigenvalue weighted by Gasteiger charge is -2.13. The molecule has 6 aromatic heterocycles. The van der Waals surface area contributed by atoms with Gasteiger partial charge in [-0.05, 0) is 180 Å². The highest BCUT2D eigenvalue weighted by molar-refractivity contribution is 6.26. The van der Waals surface area contributed by atoms with Crippen LogP contribution in [0.15, 0.2) is 534 Å². The van der Waals surface area contributed by atoms with E-state index in [0.717, 1.165) is 100 Å². The Labute approximate surface area is 848 Å². The topological polar surface area (TPSA) is 131 Å². The highest BCUT2D eigenvalue weighted by atomic mass is 15.1. The molecule has 0 aliphatic carbocycles. The number of hydrogen-bond donors (Lipinski definition) is 0. The van der Waals surface area contributed by atoms with Crippen LogP contribution in [-0.4, -0.2) is 58.6 Å². The summed E-state index contributed by atoms with van der Waals surface area (Å²) in [4.78, 5) is 45.4. The lowest BCUT2D eigenvalue weighted by molar-refractivity contribution is 1.07. The first-order valence-electron chi connectivity index (χ1n) is 49.4. The molecule has 0 unspecified atom stereocenters. The molecule has 0 amide bonds. The number of hydrogen-bond acceptors (Lipinski definition) is 9. The van der Waals surface area contributed by atoms with E-state index >= 15 is 0 Å². The molecule has 22 aromatic carbocycles. The first-order valence-corrected chi connectivity index (χ1v) is 49.4. The van der Waals surface area contributed by atoms with Crippen LogP contribution in [-0.2, 0) is 0 Å². The summed E-state index contributed by atoms with van der Waals surface area (Å²) in [6.07, 6.45) is 0. The van der Waals surface area contributed by atoms with Gasteiger partial charge in [0.2, 0.25) is 0 Å². The monoisotopic (exact) mass is 1880 g/mol. The summed E-state index contributed by atoms with van der Waals surface area (Å²) in [7, 11) is 0.